The summed E-state index contributed by atoms with van der Waals surface area (Å²) in [5, 5.41) is 12.4. The van der Waals surface area contributed by atoms with E-state index in [0.29, 0.717) is 11.5 Å². The number of rotatable bonds is 3. The van der Waals surface area contributed by atoms with E-state index < -0.39 is 0 Å². The van der Waals surface area contributed by atoms with Crippen molar-refractivity contribution < 1.29 is 0 Å². The maximum Gasteiger partial charge on any atom is 0.0992 e. The van der Waals surface area contributed by atoms with E-state index in [-0.39, 0.29) is 0 Å². The number of nitrogens with zero attached hydrogens (tertiary/aromatic N) is 1. The molecule has 1 unspecified atom stereocenters. The molecule has 1 aliphatic carbocycles. The standard InChI is InChI=1S/C17H16N2/c1-12-6-7-13(10-18)8-17(12)19-11-15-9-14-4-2-3-5-16(14)15/h2-8,15,19H,9,11H2,1H3. The second-order valence-electron chi connectivity index (χ2n) is 5.12. The smallest absolute Gasteiger partial charge is 0.0992 e. The summed E-state index contributed by atoms with van der Waals surface area (Å²) in [6.45, 7) is 3.00. The molecule has 94 valence electrons. The predicted octanol–water partition coefficient (Wildman–Crippen LogP) is 3.62. The molecule has 0 amide bonds. The lowest BCUT2D eigenvalue weighted by molar-refractivity contribution is 0.635. The number of fused-ring (bicyclic) bond motifs is 1. The fraction of sp³-hybridized carbons (Fsp3) is 0.235. The molecule has 0 heterocycles. The van der Waals surface area contributed by atoms with Gasteiger partial charge in [-0.15, -0.1) is 0 Å². The lowest BCUT2D eigenvalue weighted by Crippen LogP contribution is -2.24. The van der Waals surface area contributed by atoms with Crippen molar-refractivity contribution in [1.82, 2.24) is 0 Å². The molecule has 2 nitrogen and oxygen atoms in total. The normalized spacial score (nSPS) is 16.1. The first kappa shape index (κ1) is 11.8. The van der Waals surface area contributed by atoms with Crippen molar-refractivity contribution in [1.29, 1.82) is 5.26 Å². The Balaban J connectivity index is 1.70. The summed E-state index contributed by atoms with van der Waals surface area (Å²) >= 11 is 0. The number of nitriles is 1. The Morgan fingerprint density at radius 2 is 2.11 bits per heavy atom. The van der Waals surface area contributed by atoms with Crippen molar-refractivity contribution in [2.75, 3.05) is 11.9 Å². The fourth-order valence-corrected chi connectivity index (χ4v) is 2.66. The molecule has 2 aromatic rings. The van der Waals surface area contributed by atoms with Crippen LogP contribution in [0.4, 0.5) is 5.69 Å². The van der Waals surface area contributed by atoms with Gasteiger partial charge >= 0.3 is 0 Å². The summed E-state index contributed by atoms with van der Waals surface area (Å²) in [4.78, 5) is 0. The van der Waals surface area contributed by atoms with Crippen LogP contribution in [0, 0.1) is 18.3 Å². The van der Waals surface area contributed by atoms with Gasteiger partial charge in [-0.2, -0.15) is 5.26 Å². The highest BCUT2D eigenvalue weighted by Crippen LogP contribution is 2.35. The minimum atomic E-state index is 0.598. The van der Waals surface area contributed by atoms with Crippen LogP contribution >= 0.6 is 0 Å². The molecule has 0 saturated heterocycles. The van der Waals surface area contributed by atoms with E-state index in [1.54, 1.807) is 0 Å². The van der Waals surface area contributed by atoms with E-state index in [1.807, 2.05) is 18.2 Å². The van der Waals surface area contributed by atoms with Crippen LogP contribution in [0.3, 0.4) is 0 Å². The van der Waals surface area contributed by atoms with Crippen LogP contribution in [0.5, 0.6) is 0 Å². The third-order valence-corrected chi connectivity index (χ3v) is 3.87. The van der Waals surface area contributed by atoms with Gasteiger partial charge < -0.3 is 5.32 Å². The second-order valence-corrected chi connectivity index (χ2v) is 5.12. The Labute approximate surface area is 113 Å². The van der Waals surface area contributed by atoms with Gasteiger partial charge in [-0.3, -0.25) is 0 Å². The highest BCUT2D eigenvalue weighted by molar-refractivity contribution is 5.56. The fourth-order valence-electron chi connectivity index (χ4n) is 2.66. The number of benzene rings is 2. The van der Waals surface area contributed by atoms with Gasteiger partial charge in [-0.1, -0.05) is 30.3 Å². The molecular weight excluding hydrogens is 232 g/mol. The lowest BCUT2D eigenvalue weighted by atomic mass is 9.77. The summed E-state index contributed by atoms with van der Waals surface area (Å²) in [5.41, 5.74) is 5.90. The third kappa shape index (κ3) is 2.20. The Hall–Kier alpha value is -2.27. The van der Waals surface area contributed by atoms with Crippen molar-refractivity contribution in [3.63, 3.8) is 0 Å². The van der Waals surface area contributed by atoms with E-state index >= 15 is 0 Å². The zero-order valence-corrected chi connectivity index (χ0v) is 11.0. The van der Waals surface area contributed by atoms with Crippen LogP contribution in [0.2, 0.25) is 0 Å². The SMILES string of the molecule is Cc1ccc(C#N)cc1NCC1Cc2ccccc21. The van der Waals surface area contributed by atoms with Crippen LogP contribution in [0.25, 0.3) is 0 Å². The monoisotopic (exact) mass is 248 g/mol. The van der Waals surface area contributed by atoms with E-state index in [1.165, 1.54) is 16.7 Å². The Morgan fingerprint density at radius 3 is 2.89 bits per heavy atom. The summed E-state index contributed by atoms with van der Waals surface area (Å²) in [5.74, 6) is 0.598. The van der Waals surface area contributed by atoms with Gasteiger partial charge in [0.05, 0.1) is 11.6 Å². The van der Waals surface area contributed by atoms with Crippen LogP contribution in [0.1, 0.15) is 28.2 Å². The van der Waals surface area contributed by atoms with Crippen LogP contribution in [0.15, 0.2) is 42.5 Å². The van der Waals surface area contributed by atoms with Gasteiger partial charge in [0.1, 0.15) is 0 Å². The van der Waals surface area contributed by atoms with Crippen LogP contribution in [-0.4, -0.2) is 6.54 Å². The number of nitrogens with one attached hydrogen (secondary N) is 1. The lowest BCUT2D eigenvalue weighted by Gasteiger charge is -2.30. The highest BCUT2D eigenvalue weighted by Gasteiger charge is 2.24. The highest BCUT2D eigenvalue weighted by atomic mass is 14.9. The van der Waals surface area contributed by atoms with Crippen molar-refractivity contribution in [3.05, 3.63) is 64.7 Å². The maximum absolute atomic E-state index is 8.94. The van der Waals surface area contributed by atoms with Crippen molar-refractivity contribution >= 4 is 5.69 Å². The van der Waals surface area contributed by atoms with Crippen LogP contribution < -0.4 is 5.32 Å². The molecule has 1 atom stereocenters. The zero-order valence-electron chi connectivity index (χ0n) is 11.0. The molecule has 2 aromatic carbocycles. The Kier molecular flexibility index (Phi) is 2.97. The maximum atomic E-state index is 8.94. The second kappa shape index (κ2) is 4.78. The average molecular weight is 248 g/mol. The predicted molar refractivity (Wildman–Crippen MR) is 77.3 cm³/mol. The molecule has 1 N–H and O–H groups in total. The third-order valence-electron chi connectivity index (χ3n) is 3.87. The first-order valence-electron chi connectivity index (χ1n) is 6.60. The summed E-state index contributed by atoms with van der Waals surface area (Å²) in [6.07, 6.45) is 1.15. The number of hydrogen-bond donors (Lipinski definition) is 1. The summed E-state index contributed by atoms with van der Waals surface area (Å²) in [7, 11) is 0. The first-order valence-corrected chi connectivity index (χ1v) is 6.60. The van der Waals surface area contributed by atoms with Gasteiger partial charge in [0.15, 0.2) is 0 Å². The molecule has 0 aromatic heterocycles. The van der Waals surface area contributed by atoms with E-state index in [9.17, 15) is 0 Å². The van der Waals surface area contributed by atoms with Crippen LogP contribution in [-0.2, 0) is 6.42 Å². The Bertz CT molecular complexity index is 653. The van der Waals surface area contributed by atoms with Gasteiger partial charge in [-0.25, -0.2) is 0 Å². The summed E-state index contributed by atoms with van der Waals surface area (Å²) in [6, 6.07) is 16.6. The quantitative estimate of drug-likeness (QED) is 0.900. The summed E-state index contributed by atoms with van der Waals surface area (Å²) < 4.78 is 0. The first-order chi connectivity index (χ1) is 9.28. The van der Waals surface area contributed by atoms with Crippen molar-refractivity contribution in [2.24, 2.45) is 0 Å². The topological polar surface area (TPSA) is 35.8 Å². The average Bonchev–Trinajstić information content (AvgIpc) is 2.42. The van der Waals surface area contributed by atoms with Gasteiger partial charge in [0.2, 0.25) is 0 Å². The van der Waals surface area contributed by atoms with E-state index in [4.69, 9.17) is 5.26 Å². The molecule has 0 bridgehead atoms. The Morgan fingerprint density at radius 1 is 1.26 bits per heavy atom. The molecule has 0 saturated carbocycles. The number of hydrogen-bond acceptors (Lipinski definition) is 2. The minimum Gasteiger partial charge on any atom is -0.384 e. The number of aryl methyl sites for hydroxylation is 1. The molecule has 2 heteroatoms. The molecule has 0 radical (unpaired) electrons. The number of anilines is 1. The molecule has 0 fully saturated rings. The van der Waals surface area contributed by atoms with Gasteiger partial charge in [0.25, 0.3) is 0 Å². The molecule has 19 heavy (non-hydrogen) atoms. The van der Waals surface area contributed by atoms with Crippen molar-refractivity contribution in [3.8, 4) is 6.07 Å². The molecule has 3 rings (SSSR count). The van der Waals surface area contributed by atoms with E-state index in [2.05, 4.69) is 42.6 Å². The molecule has 0 aliphatic heterocycles. The zero-order chi connectivity index (χ0) is 13.2. The van der Waals surface area contributed by atoms with Crippen molar-refractivity contribution in [2.45, 2.75) is 19.3 Å². The van der Waals surface area contributed by atoms with E-state index in [0.717, 1.165) is 18.7 Å². The van der Waals surface area contributed by atoms with Gasteiger partial charge in [-0.05, 0) is 42.2 Å². The molecule has 0 spiro atoms. The van der Waals surface area contributed by atoms with Gasteiger partial charge in [0, 0.05) is 18.2 Å². The minimum absolute atomic E-state index is 0.598. The largest absolute Gasteiger partial charge is 0.384 e. The molecule has 1 aliphatic rings. The molecular formula is C17H16N2.